The van der Waals surface area contributed by atoms with Crippen LogP contribution in [0.1, 0.15) is 10.4 Å². The average Bonchev–Trinajstić information content (AvgIpc) is 3.00. The molecule has 0 radical (unpaired) electrons. The molecule has 3 aromatic rings. The number of hydrogen-bond acceptors (Lipinski definition) is 5. The number of anilines is 2. The molecule has 0 bridgehead atoms. The Morgan fingerprint density at radius 1 is 1.44 bits per heavy atom. The Morgan fingerprint density at radius 3 is 2.93 bits per heavy atom. The SMILES string of the molecule is Cn1cnc2c(F)c(Nc3ccc(Br)cc3Cl)c(C(=O)COCCO)cc21. The van der Waals surface area contributed by atoms with Crippen LogP contribution in [0, 0.1) is 5.82 Å². The van der Waals surface area contributed by atoms with E-state index in [0.717, 1.165) is 4.47 Å². The minimum atomic E-state index is -0.655. The first-order valence-electron chi connectivity index (χ1n) is 7.99. The van der Waals surface area contributed by atoms with Crippen LogP contribution in [-0.2, 0) is 11.8 Å². The fourth-order valence-electron chi connectivity index (χ4n) is 2.60. The summed E-state index contributed by atoms with van der Waals surface area (Å²) in [5, 5.41) is 12.1. The summed E-state index contributed by atoms with van der Waals surface area (Å²) in [6.07, 6.45) is 1.47. The molecule has 0 amide bonds. The van der Waals surface area contributed by atoms with Gasteiger partial charge in [-0.25, -0.2) is 9.37 Å². The van der Waals surface area contributed by atoms with E-state index in [1.807, 2.05) is 0 Å². The molecule has 0 fully saturated rings. The van der Waals surface area contributed by atoms with E-state index in [2.05, 4.69) is 26.2 Å². The van der Waals surface area contributed by atoms with Crippen molar-refractivity contribution >= 4 is 55.7 Å². The smallest absolute Gasteiger partial charge is 0.190 e. The molecule has 0 aliphatic heterocycles. The van der Waals surface area contributed by atoms with Gasteiger partial charge in [0.25, 0.3) is 0 Å². The van der Waals surface area contributed by atoms with Crippen molar-refractivity contribution in [3.8, 4) is 0 Å². The van der Waals surface area contributed by atoms with E-state index >= 15 is 4.39 Å². The average molecular weight is 457 g/mol. The first-order valence-corrected chi connectivity index (χ1v) is 9.17. The number of benzene rings is 2. The fraction of sp³-hybridized carbons (Fsp3) is 0.222. The molecule has 1 heterocycles. The van der Waals surface area contributed by atoms with Crippen LogP contribution in [0.5, 0.6) is 0 Å². The number of ether oxygens (including phenoxy) is 1. The summed E-state index contributed by atoms with van der Waals surface area (Å²) in [5.74, 6) is -1.08. The molecule has 9 heteroatoms. The molecule has 0 atom stereocenters. The number of aryl methyl sites for hydroxylation is 1. The molecular formula is C18H16BrClFN3O3. The number of ketones is 1. The number of carbonyl (C=O) groups is 1. The molecule has 6 nitrogen and oxygen atoms in total. The summed E-state index contributed by atoms with van der Waals surface area (Å²) in [7, 11) is 1.71. The van der Waals surface area contributed by atoms with Crippen molar-refractivity contribution < 1.29 is 19.0 Å². The summed E-state index contributed by atoms with van der Waals surface area (Å²) < 4.78 is 22.7. The molecule has 27 heavy (non-hydrogen) atoms. The third-order valence-electron chi connectivity index (χ3n) is 3.92. The summed E-state index contributed by atoms with van der Waals surface area (Å²) in [4.78, 5) is 16.7. The maximum Gasteiger partial charge on any atom is 0.190 e. The van der Waals surface area contributed by atoms with Crippen LogP contribution < -0.4 is 5.32 Å². The van der Waals surface area contributed by atoms with Gasteiger partial charge in [0.15, 0.2) is 11.6 Å². The summed E-state index contributed by atoms with van der Waals surface area (Å²) in [6, 6.07) is 6.64. The molecule has 1 aromatic heterocycles. The Labute approximate surface area is 168 Å². The Hall–Kier alpha value is -2.00. The monoisotopic (exact) mass is 455 g/mol. The molecule has 142 valence electrons. The van der Waals surface area contributed by atoms with Gasteiger partial charge in [0.05, 0.1) is 41.5 Å². The second-order valence-corrected chi connectivity index (χ2v) is 7.11. The minimum absolute atomic E-state index is 0.0173. The number of halogens is 3. The number of fused-ring (bicyclic) bond motifs is 1. The van der Waals surface area contributed by atoms with Crippen LogP contribution in [0.2, 0.25) is 5.02 Å². The second-order valence-electron chi connectivity index (χ2n) is 5.78. The number of nitrogens with zero attached hydrogens (tertiary/aromatic N) is 2. The van der Waals surface area contributed by atoms with Gasteiger partial charge in [-0.2, -0.15) is 0 Å². The third-order valence-corrected chi connectivity index (χ3v) is 4.73. The lowest BCUT2D eigenvalue weighted by molar-refractivity contribution is 0.0664. The number of rotatable bonds is 7. The number of aliphatic hydroxyl groups excluding tert-OH is 1. The summed E-state index contributed by atoms with van der Waals surface area (Å²) >= 11 is 9.53. The topological polar surface area (TPSA) is 76.4 Å². The van der Waals surface area contributed by atoms with Crippen LogP contribution in [0.4, 0.5) is 15.8 Å². The van der Waals surface area contributed by atoms with Gasteiger partial charge in [0, 0.05) is 17.1 Å². The molecule has 0 unspecified atom stereocenters. The number of aliphatic hydroxyl groups is 1. The van der Waals surface area contributed by atoms with Crippen LogP contribution in [0.3, 0.4) is 0 Å². The van der Waals surface area contributed by atoms with Gasteiger partial charge >= 0.3 is 0 Å². The molecular weight excluding hydrogens is 441 g/mol. The predicted molar refractivity (Wildman–Crippen MR) is 105 cm³/mol. The highest BCUT2D eigenvalue weighted by Gasteiger charge is 2.22. The van der Waals surface area contributed by atoms with Crippen LogP contribution >= 0.6 is 27.5 Å². The first kappa shape index (κ1) is 19.8. The zero-order valence-corrected chi connectivity index (χ0v) is 16.6. The predicted octanol–water partition coefficient (Wildman–Crippen LogP) is 4.06. The fourth-order valence-corrected chi connectivity index (χ4v) is 3.32. The van der Waals surface area contributed by atoms with E-state index in [9.17, 15) is 4.79 Å². The van der Waals surface area contributed by atoms with Crippen molar-refractivity contribution in [2.45, 2.75) is 0 Å². The standard InChI is InChI=1S/C18H16BrClFN3O3/c1-24-9-22-18-14(24)7-11(15(26)8-27-5-4-25)17(16(18)21)23-13-3-2-10(19)6-12(13)20/h2-3,6-7,9,23,25H,4-5,8H2,1H3. The van der Waals surface area contributed by atoms with Gasteiger partial charge in [-0.1, -0.05) is 27.5 Å². The number of aromatic nitrogens is 2. The molecule has 2 N–H and O–H groups in total. The van der Waals surface area contributed by atoms with Crippen molar-refractivity contribution in [1.29, 1.82) is 0 Å². The van der Waals surface area contributed by atoms with Crippen molar-refractivity contribution in [1.82, 2.24) is 9.55 Å². The molecule has 0 aliphatic carbocycles. The van der Waals surface area contributed by atoms with Gasteiger partial charge < -0.3 is 19.7 Å². The number of carbonyl (C=O) groups excluding carboxylic acids is 1. The van der Waals surface area contributed by atoms with Gasteiger partial charge in [-0.15, -0.1) is 0 Å². The normalized spacial score (nSPS) is 11.1. The number of nitrogens with one attached hydrogen (secondary N) is 1. The number of Topliss-reactive ketones (excluding diaryl/α,β-unsaturated/α-hetero) is 1. The quantitative estimate of drug-likeness (QED) is 0.414. The van der Waals surface area contributed by atoms with Gasteiger partial charge in [-0.3, -0.25) is 4.79 Å². The van der Waals surface area contributed by atoms with Crippen LogP contribution in [-0.4, -0.2) is 40.3 Å². The lowest BCUT2D eigenvalue weighted by atomic mass is 10.1. The molecule has 0 saturated heterocycles. The number of imidazole rings is 1. The van der Waals surface area contributed by atoms with E-state index in [1.165, 1.54) is 6.33 Å². The zero-order chi connectivity index (χ0) is 19.6. The van der Waals surface area contributed by atoms with Crippen molar-refractivity contribution in [3.63, 3.8) is 0 Å². The third kappa shape index (κ3) is 4.14. The Bertz CT molecular complexity index is 1010. The van der Waals surface area contributed by atoms with Crippen molar-refractivity contribution in [3.05, 3.63) is 51.5 Å². The molecule has 2 aromatic carbocycles. The van der Waals surface area contributed by atoms with Gasteiger partial charge in [-0.05, 0) is 24.3 Å². The van der Waals surface area contributed by atoms with E-state index in [-0.39, 0.29) is 36.6 Å². The largest absolute Gasteiger partial charge is 0.394 e. The highest BCUT2D eigenvalue weighted by Crippen LogP contribution is 2.34. The molecule has 0 aliphatic rings. The first-order chi connectivity index (χ1) is 12.9. The molecule has 0 saturated carbocycles. The summed E-state index contributed by atoms with van der Waals surface area (Å²) in [6.45, 7) is -0.475. The lowest BCUT2D eigenvalue weighted by Gasteiger charge is -2.15. The minimum Gasteiger partial charge on any atom is -0.394 e. The molecule has 0 spiro atoms. The van der Waals surface area contributed by atoms with Crippen LogP contribution in [0.15, 0.2) is 35.1 Å². The van der Waals surface area contributed by atoms with Crippen molar-refractivity contribution in [2.24, 2.45) is 7.05 Å². The van der Waals surface area contributed by atoms with E-state index in [1.54, 1.807) is 35.9 Å². The highest BCUT2D eigenvalue weighted by molar-refractivity contribution is 9.10. The number of hydrogen-bond donors (Lipinski definition) is 2. The molecule has 3 rings (SSSR count). The van der Waals surface area contributed by atoms with Crippen molar-refractivity contribution in [2.75, 3.05) is 25.1 Å². The zero-order valence-electron chi connectivity index (χ0n) is 14.3. The maximum atomic E-state index is 15.2. The van der Waals surface area contributed by atoms with E-state index in [4.69, 9.17) is 21.4 Å². The van der Waals surface area contributed by atoms with Gasteiger partial charge in [0.1, 0.15) is 12.1 Å². The summed E-state index contributed by atoms with van der Waals surface area (Å²) in [5.41, 5.74) is 1.15. The van der Waals surface area contributed by atoms with Gasteiger partial charge in [0.2, 0.25) is 0 Å². The Balaban J connectivity index is 2.09. The van der Waals surface area contributed by atoms with E-state index in [0.29, 0.717) is 16.2 Å². The Morgan fingerprint density at radius 2 is 2.22 bits per heavy atom. The Kier molecular flexibility index (Phi) is 6.11. The lowest BCUT2D eigenvalue weighted by Crippen LogP contribution is -2.14. The highest BCUT2D eigenvalue weighted by atomic mass is 79.9. The van der Waals surface area contributed by atoms with Crippen LogP contribution in [0.25, 0.3) is 11.0 Å². The van der Waals surface area contributed by atoms with E-state index < -0.39 is 11.6 Å². The second kappa shape index (κ2) is 8.35. The maximum absolute atomic E-state index is 15.2.